The monoisotopic (exact) mass is 452 g/mol. The number of aliphatic hydroxyl groups is 1. The van der Waals surface area contributed by atoms with E-state index in [2.05, 4.69) is 10.3 Å². The fourth-order valence-corrected chi connectivity index (χ4v) is 3.65. The molecule has 2 aliphatic heterocycles. The molecule has 1 aromatic heterocycles. The molecule has 3 heterocycles. The third-order valence-corrected chi connectivity index (χ3v) is 5.29. The van der Waals surface area contributed by atoms with Crippen molar-refractivity contribution in [3.63, 3.8) is 0 Å². The van der Waals surface area contributed by atoms with Crippen molar-refractivity contribution in [1.29, 1.82) is 0 Å². The van der Waals surface area contributed by atoms with Gasteiger partial charge in [0.25, 0.3) is 5.91 Å². The van der Waals surface area contributed by atoms with Crippen molar-refractivity contribution in [2.24, 2.45) is 0 Å². The van der Waals surface area contributed by atoms with E-state index in [4.69, 9.17) is 9.47 Å². The van der Waals surface area contributed by atoms with Gasteiger partial charge in [-0.25, -0.2) is 4.79 Å². The van der Waals surface area contributed by atoms with Crippen LogP contribution in [0.15, 0.2) is 54.9 Å². The van der Waals surface area contributed by atoms with Gasteiger partial charge in [0, 0.05) is 42.8 Å². The first-order chi connectivity index (χ1) is 16.0. The number of aliphatic hydroxyl groups excluding tert-OH is 1. The van der Waals surface area contributed by atoms with Crippen LogP contribution in [0, 0.1) is 0 Å². The largest absolute Gasteiger partial charge is 0.425 e. The van der Waals surface area contributed by atoms with E-state index in [1.165, 1.54) is 11.0 Å². The lowest BCUT2D eigenvalue weighted by molar-refractivity contribution is -0.132. The van der Waals surface area contributed by atoms with Crippen LogP contribution in [0.5, 0.6) is 0 Å². The molecule has 2 aromatic rings. The van der Waals surface area contributed by atoms with Gasteiger partial charge in [-0.05, 0) is 48.0 Å². The Kier molecular flexibility index (Phi) is 6.96. The lowest BCUT2D eigenvalue weighted by Gasteiger charge is -2.27. The van der Waals surface area contributed by atoms with Crippen molar-refractivity contribution in [3.8, 4) is 0 Å². The van der Waals surface area contributed by atoms with Crippen LogP contribution in [0.3, 0.4) is 0 Å². The summed E-state index contributed by atoms with van der Waals surface area (Å²) >= 11 is 0. The fraction of sp³-hybridized carbons (Fsp3) is 0.304. The van der Waals surface area contributed by atoms with E-state index in [1.54, 1.807) is 59.8 Å². The number of β-amino-alcohol motifs (C(OH)–C–C–N with tert-alkyl or cyclic N) is 1. The molecule has 0 saturated carbocycles. The summed E-state index contributed by atoms with van der Waals surface area (Å²) in [5.41, 5.74) is 1.98. The number of hydrogen-bond donors (Lipinski definition) is 2. The molecule has 0 aliphatic carbocycles. The third kappa shape index (κ3) is 5.73. The maximum Gasteiger partial charge on any atom is 0.413 e. The molecule has 33 heavy (non-hydrogen) atoms. The summed E-state index contributed by atoms with van der Waals surface area (Å²) < 4.78 is 10.5. The second-order valence-corrected chi connectivity index (χ2v) is 7.62. The van der Waals surface area contributed by atoms with Gasteiger partial charge in [-0.15, -0.1) is 0 Å². The number of carbonyl (C=O) groups is 3. The van der Waals surface area contributed by atoms with Crippen molar-refractivity contribution >= 4 is 35.4 Å². The second kappa shape index (κ2) is 10.2. The molecule has 1 aromatic carbocycles. The number of carbonyl (C=O) groups excluding carboxylic acids is 3. The summed E-state index contributed by atoms with van der Waals surface area (Å²) in [5, 5.41) is 12.6. The Balaban J connectivity index is 1.34. The zero-order valence-corrected chi connectivity index (χ0v) is 17.8. The zero-order chi connectivity index (χ0) is 23.2. The van der Waals surface area contributed by atoms with Gasteiger partial charge in [-0.3, -0.25) is 19.9 Å². The Hall–Kier alpha value is -3.76. The molecule has 10 heteroatoms. The maximum absolute atomic E-state index is 12.6. The molecule has 3 amide bonds. The summed E-state index contributed by atoms with van der Waals surface area (Å²) in [6.45, 7) is 1.06. The third-order valence-electron chi connectivity index (χ3n) is 5.29. The van der Waals surface area contributed by atoms with Gasteiger partial charge < -0.3 is 24.4 Å². The van der Waals surface area contributed by atoms with Crippen LogP contribution >= 0.6 is 0 Å². The molecule has 4 rings (SSSR count). The Morgan fingerprint density at radius 3 is 2.67 bits per heavy atom. The maximum atomic E-state index is 12.6. The van der Waals surface area contributed by atoms with Crippen LogP contribution in [0.1, 0.15) is 12.0 Å². The topological polar surface area (TPSA) is 121 Å². The number of ether oxygens (including phenoxy) is 2. The first-order valence-corrected chi connectivity index (χ1v) is 10.5. The molecule has 0 unspecified atom stereocenters. The van der Waals surface area contributed by atoms with Gasteiger partial charge in [0.2, 0.25) is 5.91 Å². The van der Waals surface area contributed by atoms with Crippen molar-refractivity contribution in [2.45, 2.75) is 18.8 Å². The number of morpholine rings is 1. The van der Waals surface area contributed by atoms with Gasteiger partial charge in [0.1, 0.15) is 6.61 Å². The molecular weight excluding hydrogens is 428 g/mol. The average molecular weight is 452 g/mol. The van der Waals surface area contributed by atoms with Gasteiger partial charge >= 0.3 is 6.09 Å². The summed E-state index contributed by atoms with van der Waals surface area (Å²) in [5.74, 6) is -0.496. The Labute approximate surface area is 190 Å². The molecule has 0 radical (unpaired) electrons. The highest BCUT2D eigenvalue weighted by Gasteiger charge is 2.36. The predicted molar refractivity (Wildman–Crippen MR) is 119 cm³/mol. The van der Waals surface area contributed by atoms with E-state index < -0.39 is 18.4 Å². The van der Waals surface area contributed by atoms with Gasteiger partial charge in [0.15, 0.2) is 6.23 Å². The van der Waals surface area contributed by atoms with Crippen LogP contribution in [-0.2, 0) is 19.1 Å². The Morgan fingerprint density at radius 2 is 1.94 bits per heavy atom. The molecule has 2 saturated heterocycles. The summed E-state index contributed by atoms with van der Waals surface area (Å²) in [7, 11) is 0. The lowest BCUT2D eigenvalue weighted by Crippen LogP contribution is -2.41. The number of nitrogens with zero attached hydrogens (tertiary/aromatic N) is 3. The Morgan fingerprint density at radius 1 is 1.18 bits per heavy atom. The quantitative estimate of drug-likeness (QED) is 0.662. The van der Waals surface area contributed by atoms with Gasteiger partial charge in [-0.1, -0.05) is 0 Å². The summed E-state index contributed by atoms with van der Waals surface area (Å²) in [6, 6.07) is 10.3. The molecule has 10 nitrogen and oxygen atoms in total. The molecule has 172 valence electrons. The SMILES string of the molecule is O=C(Nc1ccc(N2CCOCC2=O)cc1)O[C@@H]1C[C@@H](O)CN1C(=O)/C=C/c1ccncc1. The minimum absolute atomic E-state index is 0.0481. The van der Waals surface area contributed by atoms with Crippen molar-refractivity contribution < 1.29 is 29.0 Å². The molecule has 0 bridgehead atoms. The number of pyridine rings is 1. The number of nitrogens with one attached hydrogen (secondary N) is 1. The summed E-state index contributed by atoms with van der Waals surface area (Å²) in [6.07, 6.45) is 3.93. The average Bonchev–Trinajstić information content (AvgIpc) is 3.19. The summed E-state index contributed by atoms with van der Waals surface area (Å²) in [4.78, 5) is 43.8. The van der Waals surface area contributed by atoms with E-state index in [9.17, 15) is 19.5 Å². The lowest BCUT2D eigenvalue weighted by atomic mass is 10.2. The minimum Gasteiger partial charge on any atom is -0.425 e. The number of anilines is 2. The highest BCUT2D eigenvalue weighted by Crippen LogP contribution is 2.22. The number of rotatable bonds is 5. The van der Waals surface area contributed by atoms with E-state index in [0.717, 1.165) is 5.56 Å². The fourth-order valence-electron chi connectivity index (χ4n) is 3.65. The van der Waals surface area contributed by atoms with Crippen LogP contribution in [0.4, 0.5) is 16.2 Å². The normalized spacial score (nSPS) is 20.8. The highest BCUT2D eigenvalue weighted by molar-refractivity contribution is 5.95. The van der Waals surface area contributed by atoms with E-state index in [-0.39, 0.29) is 31.4 Å². The second-order valence-electron chi connectivity index (χ2n) is 7.62. The molecule has 0 spiro atoms. The van der Waals surface area contributed by atoms with E-state index >= 15 is 0 Å². The molecule has 2 aliphatic rings. The van der Waals surface area contributed by atoms with Crippen LogP contribution in [-0.4, -0.2) is 71.5 Å². The van der Waals surface area contributed by atoms with E-state index in [1.807, 2.05) is 0 Å². The van der Waals surface area contributed by atoms with Crippen molar-refractivity contribution in [1.82, 2.24) is 9.88 Å². The Bertz CT molecular complexity index is 1030. The zero-order valence-electron chi connectivity index (χ0n) is 17.8. The first-order valence-electron chi connectivity index (χ1n) is 10.5. The first kappa shape index (κ1) is 22.4. The van der Waals surface area contributed by atoms with Crippen LogP contribution < -0.4 is 10.2 Å². The van der Waals surface area contributed by atoms with Crippen LogP contribution in [0.25, 0.3) is 6.08 Å². The number of likely N-dealkylation sites (tertiary alicyclic amines) is 1. The number of benzene rings is 1. The van der Waals surface area contributed by atoms with Crippen molar-refractivity contribution in [2.75, 3.05) is 36.5 Å². The minimum atomic E-state index is -0.889. The van der Waals surface area contributed by atoms with Crippen LogP contribution in [0.2, 0.25) is 0 Å². The number of aromatic nitrogens is 1. The molecular formula is C23H24N4O6. The molecule has 2 N–H and O–H groups in total. The van der Waals surface area contributed by atoms with E-state index in [0.29, 0.717) is 24.5 Å². The number of hydrogen-bond acceptors (Lipinski definition) is 7. The predicted octanol–water partition coefficient (Wildman–Crippen LogP) is 1.63. The van der Waals surface area contributed by atoms with Crippen molar-refractivity contribution in [3.05, 3.63) is 60.4 Å². The van der Waals surface area contributed by atoms with Gasteiger partial charge in [-0.2, -0.15) is 0 Å². The van der Waals surface area contributed by atoms with Gasteiger partial charge in [0.05, 0.1) is 19.3 Å². The molecule has 2 atom stereocenters. The molecule has 2 fully saturated rings. The number of amides is 3. The standard InChI is InChI=1S/C23H24N4O6/c28-19-13-22(27(14-19)20(29)6-1-16-7-9-24-10-8-16)33-23(31)25-17-2-4-18(5-3-17)26-11-12-32-15-21(26)30/h1-10,19,22,28H,11-15H2,(H,25,31)/b6-1+/t19-,22-/m1/s1. The smallest absolute Gasteiger partial charge is 0.413 e. The highest BCUT2D eigenvalue weighted by atomic mass is 16.6.